The number of benzene rings is 2. The molecule has 2 bridgehead atoms. The number of hydrogen-bond donors (Lipinski definition) is 1. The number of carbonyl (C=O) groups is 1. The van der Waals surface area contributed by atoms with E-state index in [1.807, 2.05) is 0 Å². The van der Waals surface area contributed by atoms with Crippen LogP contribution in [0, 0.1) is 11.3 Å². The molecule has 0 saturated carbocycles. The van der Waals surface area contributed by atoms with Crippen LogP contribution in [-0.2, 0) is 11.2 Å². The number of rotatable bonds is 4. The Bertz CT molecular complexity index is 1010. The van der Waals surface area contributed by atoms with Gasteiger partial charge in [0, 0.05) is 26.3 Å². The predicted octanol–water partition coefficient (Wildman–Crippen LogP) is 4.86. The summed E-state index contributed by atoms with van der Waals surface area (Å²) in [7, 11) is 4.13. The average molecular weight is 434 g/mol. The highest BCUT2D eigenvalue weighted by Gasteiger charge is 2.42. The third-order valence-electron chi connectivity index (χ3n) is 7.69. The summed E-state index contributed by atoms with van der Waals surface area (Å²) in [5, 5.41) is 3.23. The third kappa shape index (κ3) is 3.99. The van der Waals surface area contributed by atoms with Crippen LogP contribution in [0.25, 0.3) is 11.1 Å². The van der Waals surface area contributed by atoms with Gasteiger partial charge in [-0.25, -0.2) is 4.79 Å². The normalized spacial score (nSPS) is 27.6. The Morgan fingerprint density at radius 3 is 2.53 bits per heavy atom. The summed E-state index contributed by atoms with van der Waals surface area (Å²) in [4.78, 5) is 17.4. The van der Waals surface area contributed by atoms with Crippen molar-refractivity contribution >= 4 is 11.8 Å². The van der Waals surface area contributed by atoms with E-state index in [1.54, 1.807) is 0 Å². The first-order chi connectivity index (χ1) is 15.3. The standard InChI is InChI=1S/C27H35N3O2/c1-27(2)16-21-14-20(19-6-5-7-22(15-19)29(3)4)8-9-23(21)25(27)28-26(31)32-24-17-30-12-10-18(24)11-13-30/h5-9,14-15,18,24-25H,10-13,16-17H2,1-4H3,(H,28,31)/t24-,25?/m0/s1. The van der Waals surface area contributed by atoms with E-state index in [1.165, 1.54) is 27.9 Å². The van der Waals surface area contributed by atoms with Gasteiger partial charge in [0.15, 0.2) is 0 Å². The van der Waals surface area contributed by atoms with Gasteiger partial charge in [0.25, 0.3) is 0 Å². The Labute approximate surface area is 191 Å². The monoisotopic (exact) mass is 433 g/mol. The number of carbonyl (C=O) groups excluding carboxylic acids is 1. The first-order valence-corrected chi connectivity index (χ1v) is 11.9. The Morgan fingerprint density at radius 1 is 1.09 bits per heavy atom. The second-order valence-electron chi connectivity index (χ2n) is 10.7. The summed E-state index contributed by atoms with van der Waals surface area (Å²) in [6, 6.07) is 15.3. The fraction of sp³-hybridized carbons (Fsp3) is 0.519. The van der Waals surface area contributed by atoms with E-state index < -0.39 is 0 Å². The van der Waals surface area contributed by atoms with Gasteiger partial charge in [-0.3, -0.25) is 4.90 Å². The lowest BCUT2D eigenvalue weighted by Gasteiger charge is -2.44. The number of ether oxygens (including phenoxy) is 1. The van der Waals surface area contributed by atoms with Crippen LogP contribution in [0.2, 0.25) is 0 Å². The van der Waals surface area contributed by atoms with E-state index in [2.05, 4.69) is 85.5 Å². The Kier molecular flexibility index (Phi) is 5.40. The lowest BCUT2D eigenvalue weighted by molar-refractivity contribution is -0.0348. The molecule has 1 N–H and O–H groups in total. The largest absolute Gasteiger partial charge is 0.445 e. The highest BCUT2D eigenvalue weighted by Crippen LogP contribution is 2.46. The predicted molar refractivity (Wildman–Crippen MR) is 129 cm³/mol. The smallest absolute Gasteiger partial charge is 0.407 e. The first kappa shape index (κ1) is 21.3. The molecule has 1 unspecified atom stereocenters. The van der Waals surface area contributed by atoms with Gasteiger partial charge in [-0.15, -0.1) is 0 Å². The quantitative estimate of drug-likeness (QED) is 0.748. The molecule has 0 radical (unpaired) electrons. The van der Waals surface area contributed by atoms with E-state index in [9.17, 15) is 4.79 Å². The summed E-state index contributed by atoms with van der Waals surface area (Å²) >= 11 is 0. The zero-order chi connectivity index (χ0) is 22.5. The molecule has 32 heavy (non-hydrogen) atoms. The van der Waals surface area contributed by atoms with E-state index in [0.29, 0.717) is 5.92 Å². The van der Waals surface area contributed by atoms with Crippen LogP contribution in [0.1, 0.15) is 43.9 Å². The van der Waals surface area contributed by atoms with Crippen molar-refractivity contribution in [2.45, 2.75) is 45.3 Å². The third-order valence-corrected chi connectivity index (χ3v) is 7.69. The first-order valence-electron chi connectivity index (χ1n) is 11.9. The molecule has 3 heterocycles. The highest BCUT2D eigenvalue weighted by atomic mass is 16.6. The fourth-order valence-electron chi connectivity index (χ4n) is 5.80. The molecule has 0 aromatic heterocycles. The molecule has 5 nitrogen and oxygen atoms in total. The van der Waals surface area contributed by atoms with Gasteiger partial charge in [-0.1, -0.05) is 44.2 Å². The minimum absolute atomic E-state index is 0.0340. The lowest BCUT2D eigenvalue weighted by Crippen LogP contribution is -2.53. The van der Waals surface area contributed by atoms with Crippen molar-refractivity contribution in [1.82, 2.24) is 10.2 Å². The molecule has 1 aliphatic carbocycles. The van der Waals surface area contributed by atoms with Gasteiger partial charge < -0.3 is 15.0 Å². The zero-order valence-electron chi connectivity index (χ0n) is 19.7. The molecule has 3 fully saturated rings. The number of alkyl carbamates (subject to hydrolysis) is 1. The second-order valence-corrected chi connectivity index (χ2v) is 10.7. The van der Waals surface area contributed by atoms with Gasteiger partial charge in [0.2, 0.25) is 0 Å². The zero-order valence-corrected chi connectivity index (χ0v) is 19.7. The topological polar surface area (TPSA) is 44.8 Å². The van der Waals surface area contributed by atoms with Gasteiger partial charge in [-0.2, -0.15) is 0 Å². The SMILES string of the molecule is CN(C)c1cccc(-c2ccc3c(c2)CC(C)(C)C3NC(=O)O[C@H]2CN3CCC2CC3)c1. The summed E-state index contributed by atoms with van der Waals surface area (Å²) in [6.45, 7) is 7.65. The average Bonchev–Trinajstić information content (AvgIpc) is 3.03. The molecule has 3 aliphatic heterocycles. The van der Waals surface area contributed by atoms with E-state index in [4.69, 9.17) is 4.74 Å². The maximum absolute atomic E-state index is 12.9. The van der Waals surface area contributed by atoms with Crippen LogP contribution in [0.3, 0.4) is 0 Å². The lowest BCUT2D eigenvalue weighted by atomic mass is 9.85. The number of piperidine rings is 3. The van der Waals surface area contributed by atoms with Crippen molar-refractivity contribution in [3.63, 3.8) is 0 Å². The number of anilines is 1. The molecule has 170 valence electrons. The van der Waals surface area contributed by atoms with Crippen LogP contribution in [-0.4, -0.2) is 50.8 Å². The van der Waals surface area contributed by atoms with Crippen LogP contribution in [0.5, 0.6) is 0 Å². The van der Waals surface area contributed by atoms with Crippen molar-refractivity contribution in [3.05, 3.63) is 53.6 Å². The summed E-state index contributed by atoms with van der Waals surface area (Å²) in [5.74, 6) is 0.523. The Balaban J connectivity index is 1.33. The van der Waals surface area contributed by atoms with Crippen LogP contribution in [0.4, 0.5) is 10.5 Å². The molecular weight excluding hydrogens is 398 g/mol. The Hall–Kier alpha value is -2.53. The molecule has 4 aliphatic rings. The minimum Gasteiger partial charge on any atom is -0.445 e. The van der Waals surface area contributed by atoms with Crippen molar-refractivity contribution < 1.29 is 9.53 Å². The molecule has 1 amide bonds. The number of nitrogens with one attached hydrogen (secondary N) is 1. The van der Waals surface area contributed by atoms with Crippen LogP contribution in [0.15, 0.2) is 42.5 Å². The molecule has 2 atom stereocenters. The molecular formula is C27H35N3O2. The fourth-order valence-corrected chi connectivity index (χ4v) is 5.80. The molecule has 2 aromatic carbocycles. The molecule has 3 saturated heterocycles. The molecule has 5 heteroatoms. The number of amides is 1. The van der Waals surface area contributed by atoms with Gasteiger partial charge in [-0.05, 0) is 78.1 Å². The number of nitrogens with zero attached hydrogens (tertiary/aromatic N) is 2. The number of fused-ring (bicyclic) bond motifs is 4. The number of hydrogen-bond acceptors (Lipinski definition) is 4. The van der Waals surface area contributed by atoms with Gasteiger partial charge >= 0.3 is 6.09 Å². The van der Waals surface area contributed by atoms with Crippen molar-refractivity contribution in [1.29, 1.82) is 0 Å². The van der Waals surface area contributed by atoms with Crippen molar-refractivity contribution in [3.8, 4) is 11.1 Å². The van der Waals surface area contributed by atoms with E-state index in [-0.39, 0.29) is 23.7 Å². The maximum atomic E-state index is 12.9. The molecule has 6 rings (SSSR count). The van der Waals surface area contributed by atoms with Crippen LogP contribution >= 0.6 is 0 Å². The highest BCUT2D eigenvalue weighted by molar-refractivity contribution is 5.71. The van der Waals surface area contributed by atoms with Crippen molar-refractivity contribution in [2.75, 3.05) is 38.6 Å². The van der Waals surface area contributed by atoms with E-state index >= 15 is 0 Å². The molecule has 0 spiro atoms. The second kappa shape index (κ2) is 8.11. The Morgan fingerprint density at radius 2 is 1.84 bits per heavy atom. The maximum Gasteiger partial charge on any atom is 0.407 e. The molecule has 2 aromatic rings. The summed E-state index contributed by atoms with van der Waals surface area (Å²) < 4.78 is 5.93. The summed E-state index contributed by atoms with van der Waals surface area (Å²) in [6.07, 6.45) is 3.00. The minimum atomic E-state index is -0.266. The van der Waals surface area contributed by atoms with Gasteiger partial charge in [0.05, 0.1) is 6.04 Å². The van der Waals surface area contributed by atoms with Crippen molar-refractivity contribution in [2.24, 2.45) is 11.3 Å². The van der Waals surface area contributed by atoms with E-state index in [0.717, 1.165) is 38.9 Å². The van der Waals surface area contributed by atoms with Gasteiger partial charge in [0.1, 0.15) is 6.10 Å². The summed E-state index contributed by atoms with van der Waals surface area (Å²) in [5.41, 5.74) is 6.11. The van der Waals surface area contributed by atoms with Crippen LogP contribution < -0.4 is 10.2 Å².